The molecule has 2 rings (SSSR count). The van der Waals surface area contributed by atoms with Crippen molar-refractivity contribution in [2.24, 2.45) is 5.41 Å². The second kappa shape index (κ2) is 3.39. The van der Waals surface area contributed by atoms with E-state index >= 15 is 0 Å². The summed E-state index contributed by atoms with van der Waals surface area (Å²) in [5.74, 6) is 0.720. The van der Waals surface area contributed by atoms with Crippen LogP contribution in [-0.2, 0) is 10.8 Å². The van der Waals surface area contributed by atoms with Gasteiger partial charge in [-0.05, 0) is 12.2 Å². The molecule has 76 valence electrons. The molecule has 0 saturated heterocycles. The zero-order chi connectivity index (χ0) is 10.2. The van der Waals surface area contributed by atoms with Crippen LogP contribution >= 0.6 is 0 Å². The van der Waals surface area contributed by atoms with E-state index in [1.807, 2.05) is 12.2 Å². The largest absolute Gasteiger partial charge is 0.383 e. The Hall–Kier alpha value is -0.830. The van der Waals surface area contributed by atoms with Gasteiger partial charge in [0.05, 0.1) is 21.4 Å². The lowest BCUT2D eigenvalue weighted by Gasteiger charge is -2.16. The van der Waals surface area contributed by atoms with E-state index < -0.39 is 10.8 Å². The molecule has 2 nitrogen and oxygen atoms in total. The minimum absolute atomic E-state index is 0.0588. The first-order chi connectivity index (χ1) is 6.58. The lowest BCUT2D eigenvalue weighted by Crippen LogP contribution is -2.26. The Kier molecular flexibility index (Phi) is 2.35. The minimum atomic E-state index is -0.822. The predicted molar refractivity (Wildman–Crippen MR) is 60.1 cm³/mol. The van der Waals surface area contributed by atoms with Crippen LogP contribution in [0.5, 0.6) is 0 Å². The summed E-state index contributed by atoms with van der Waals surface area (Å²) in [6.45, 7) is 5.09. The maximum Gasteiger partial charge on any atom is 0.0617 e. The molecule has 0 amide bonds. The molecule has 0 aromatic heterocycles. The molecule has 0 saturated carbocycles. The molecule has 1 atom stereocenters. The Morgan fingerprint density at radius 1 is 1.36 bits per heavy atom. The van der Waals surface area contributed by atoms with Crippen molar-refractivity contribution in [3.8, 4) is 0 Å². The third kappa shape index (κ3) is 1.82. The average molecular weight is 209 g/mol. The average Bonchev–Trinajstić information content (AvgIpc) is 2.27. The molecule has 3 heteroatoms. The molecular weight excluding hydrogens is 194 g/mol. The van der Waals surface area contributed by atoms with Gasteiger partial charge in [-0.25, -0.2) is 0 Å². The number of hydrogen-bond donors (Lipinski definition) is 1. The SMILES string of the molecule is CC1(C)C=CC2=C(C=C1)S(=O)CCN2. The molecule has 0 aromatic carbocycles. The molecule has 0 aromatic rings. The van der Waals surface area contributed by atoms with Crippen LogP contribution in [0.3, 0.4) is 0 Å². The number of nitrogens with one attached hydrogen (secondary N) is 1. The molecule has 0 radical (unpaired) electrons. The first-order valence-electron chi connectivity index (χ1n) is 4.83. The normalized spacial score (nSPS) is 29.4. The van der Waals surface area contributed by atoms with Crippen molar-refractivity contribution >= 4 is 10.8 Å². The third-order valence-electron chi connectivity index (χ3n) is 2.46. The van der Waals surface area contributed by atoms with Gasteiger partial charge in [0.1, 0.15) is 0 Å². The van der Waals surface area contributed by atoms with Gasteiger partial charge in [0.25, 0.3) is 0 Å². The van der Waals surface area contributed by atoms with Crippen molar-refractivity contribution in [1.29, 1.82) is 0 Å². The summed E-state index contributed by atoms with van der Waals surface area (Å²) in [6, 6.07) is 0. The predicted octanol–water partition coefficient (Wildman–Crippen LogP) is 1.70. The van der Waals surface area contributed by atoms with Crippen LogP contribution in [0.15, 0.2) is 34.9 Å². The van der Waals surface area contributed by atoms with Crippen molar-refractivity contribution in [3.05, 3.63) is 34.9 Å². The first-order valence-corrected chi connectivity index (χ1v) is 6.15. The molecule has 1 N–H and O–H groups in total. The zero-order valence-corrected chi connectivity index (χ0v) is 9.36. The highest BCUT2D eigenvalue weighted by Gasteiger charge is 2.19. The molecular formula is C11H15NOS. The molecule has 1 aliphatic heterocycles. The van der Waals surface area contributed by atoms with Gasteiger partial charge in [-0.1, -0.05) is 26.0 Å². The Bertz CT molecular complexity index is 363. The molecule has 0 fully saturated rings. The lowest BCUT2D eigenvalue weighted by atomic mass is 9.93. The van der Waals surface area contributed by atoms with E-state index in [-0.39, 0.29) is 5.41 Å². The zero-order valence-electron chi connectivity index (χ0n) is 8.54. The van der Waals surface area contributed by atoms with Gasteiger partial charge in [0, 0.05) is 17.7 Å². The van der Waals surface area contributed by atoms with Crippen LogP contribution in [-0.4, -0.2) is 16.5 Å². The topological polar surface area (TPSA) is 29.1 Å². The van der Waals surface area contributed by atoms with Crippen LogP contribution in [0.4, 0.5) is 0 Å². The van der Waals surface area contributed by atoms with Gasteiger partial charge in [-0.15, -0.1) is 0 Å². The van der Waals surface area contributed by atoms with Gasteiger partial charge in [0.2, 0.25) is 0 Å². The van der Waals surface area contributed by atoms with Crippen molar-refractivity contribution in [2.45, 2.75) is 13.8 Å². The van der Waals surface area contributed by atoms with Crippen LogP contribution in [0.2, 0.25) is 0 Å². The molecule has 1 aliphatic carbocycles. The molecule has 14 heavy (non-hydrogen) atoms. The van der Waals surface area contributed by atoms with Gasteiger partial charge >= 0.3 is 0 Å². The fourth-order valence-corrected chi connectivity index (χ4v) is 2.66. The van der Waals surface area contributed by atoms with E-state index in [0.717, 1.165) is 22.9 Å². The second-order valence-electron chi connectivity index (χ2n) is 4.24. The lowest BCUT2D eigenvalue weighted by molar-refractivity contribution is 0.626. The third-order valence-corrected chi connectivity index (χ3v) is 3.88. The summed E-state index contributed by atoms with van der Waals surface area (Å²) in [5, 5.41) is 3.28. The quantitative estimate of drug-likeness (QED) is 0.658. The van der Waals surface area contributed by atoms with Gasteiger partial charge in [0.15, 0.2) is 0 Å². The summed E-state index contributed by atoms with van der Waals surface area (Å²) in [6.07, 6.45) is 8.29. The maximum absolute atomic E-state index is 11.7. The number of hydrogen-bond acceptors (Lipinski definition) is 2. The Morgan fingerprint density at radius 3 is 2.86 bits per heavy atom. The Morgan fingerprint density at radius 2 is 2.07 bits per heavy atom. The molecule has 1 unspecified atom stereocenters. The van der Waals surface area contributed by atoms with E-state index in [1.54, 1.807) is 0 Å². The summed E-state index contributed by atoms with van der Waals surface area (Å²) >= 11 is 0. The van der Waals surface area contributed by atoms with E-state index in [4.69, 9.17) is 0 Å². The Labute approximate surface area is 87.2 Å². The number of allylic oxidation sites excluding steroid dienone is 4. The molecule has 0 bridgehead atoms. The van der Waals surface area contributed by atoms with Crippen LogP contribution in [0.1, 0.15) is 13.8 Å². The fraction of sp³-hybridized carbons (Fsp3) is 0.455. The second-order valence-corrected chi connectivity index (χ2v) is 5.78. The maximum atomic E-state index is 11.7. The molecule has 0 spiro atoms. The molecule has 1 heterocycles. The van der Waals surface area contributed by atoms with E-state index in [1.165, 1.54) is 0 Å². The van der Waals surface area contributed by atoms with E-state index in [0.29, 0.717) is 0 Å². The highest BCUT2D eigenvalue weighted by Crippen LogP contribution is 2.27. The fourth-order valence-electron chi connectivity index (χ4n) is 1.55. The number of rotatable bonds is 0. The van der Waals surface area contributed by atoms with Crippen molar-refractivity contribution in [2.75, 3.05) is 12.3 Å². The van der Waals surface area contributed by atoms with Gasteiger partial charge < -0.3 is 5.32 Å². The van der Waals surface area contributed by atoms with Crippen LogP contribution in [0, 0.1) is 5.41 Å². The van der Waals surface area contributed by atoms with Gasteiger partial charge in [-0.3, -0.25) is 4.21 Å². The van der Waals surface area contributed by atoms with Crippen molar-refractivity contribution in [3.63, 3.8) is 0 Å². The van der Waals surface area contributed by atoms with Crippen molar-refractivity contribution in [1.82, 2.24) is 5.32 Å². The highest BCUT2D eigenvalue weighted by molar-refractivity contribution is 7.89. The minimum Gasteiger partial charge on any atom is -0.383 e. The van der Waals surface area contributed by atoms with Crippen LogP contribution in [0.25, 0.3) is 0 Å². The summed E-state index contributed by atoms with van der Waals surface area (Å²) in [4.78, 5) is 0.943. The van der Waals surface area contributed by atoms with Crippen molar-refractivity contribution < 1.29 is 4.21 Å². The molecule has 2 aliphatic rings. The highest BCUT2D eigenvalue weighted by atomic mass is 32.2. The van der Waals surface area contributed by atoms with E-state index in [9.17, 15) is 4.21 Å². The Balaban J connectivity index is 2.42. The summed E-state index contributed by atoms with van der Waals surface area (Å²) in [7, 11) is -0.822. The van der Waals surface area contributed by atoms with Crippen LogP contribution < -0.4 is 5.32 Å². The first kappa shape index (κ1) is 9.71. The standard InChI is InChI=1S/C11H15NOS/c1-11(2)5-3-9-10(4-6-11)14(13)8-7-12-9/h3-6,12H,7-8H2,1-2H3. The summed E-state index contributed by atoms with van der Waals surface area (Å²) in [5.41, 5.74) is 1.08. The van der Waals surface area contributed by atoms with E-state index in [2.05, 4.69) is 31.3 Å². The smallest absolute Gasteiger partial charge is 0.0617 e. The van der Waals surface area contributed by atoms with Gasteiger partial charge in [-0.2, -0.15) is 0 Å². The monoisotopic (exact) mass is 209 g/mol. The summed E-state index contributed by atoms with van der Waals surface area (Å²) < 4.78 is 11.7.